The van der Waals surface area contributed by atoms with Crippen LogP contribution in [0.15, 0.2) is 0 Å². The Hall–Kier alpha value is -1.06. The lowest BCUT2D eigenvalue weighted by Crippen LogP contribution is -2.22. The standard InChI is InChI=1S/C8H12O4/c9-7(10)3-1-6-2-4-8(11)12-5-6/h6H,1-5H2,(H,9,10). The van der Waals surface area contributed by atoms with Crippen LogP contribution in [0.2, 0.25) is 0 Å². The first-order chi connectivity index (χ1) is 5.68. The summed E-state index contributed by atoms with van der Waals surface area (Å²) in [6.07, 6.45) is 1.99. The summed E-state index contributed by atoms with van der Waals surface area (Å²) in [5, 5.41) is 8.39. The number of carboxylic acids is 1. The van der Waals surface area contributed by atoms with E-state index in [2.05, 4.69) is 0 Å². The predicted molar refractivity (Wildman–Crippen MR) is 40.6 cm³/mol. The molecular weight excluding hydrogens is 160 g/mol. The molecule has 0 spiro atoms. The summed E-state index contributed by atoms with van der Waals surface area (Å²) in [7, 11) is 0. The summed E-state index contributed by atoms with van der Waals surface area (Å²) in [6.45, 7) is 0.395. The lowest BCUT2D eigenvalue weighted by molar-refractivity contribution is -0.149. The molecule has 0 bridgehead atoms. The Morgan fingerprint density at radius 1 is 1.67 bits per heavy atom. The van der Waals surface area contributed by atoms with Crippen LogP contribution in [0.4, 0.5) is 0 Å². The Labute approximate surface area is 70.5 Å². The van der Waals surface area contributed by atoms with Crippen LogP contribution in [0.1, 0.15) is 25.7 Å². The van der Waals surface area contributed by atoms with Crippen LogP contribution in [0.25, 0.3) is 0 Å². The molecular formula is C8H12O4. The summed E-state index contributed by atoms with van der Waals surface area (Å²) in [5.41, 5.74) is 0. The van der Waals surface area contributed by atoms with E-state index in [9.17, 15) is 9.59 Å². The summed E-state index contributed by atoms with van der Waals surface area (Å²) >= 11 is 0. The number of carbonyl (C=O) groups excluding carboxylic acids is 1. The number of hydrogen-bond donors (Lipinski definition) is 1. The zero-order valence-corrected chi connectivity index (χ0v) is 6.78. The smallest absolute Gasteiger partial charge is 0.305 e. The van der Waals surface area contributed by atoms with Gasteiger partial charge in [-0.1, -0.05) is 0 Å². The number of aliphatic carboxylic acids is 1. The molecule has 1 heterocycles. The van der Waals surface area contributed by atoms with Crippen molar-refractivity contribution in [3.63, 3.8) is 0 Å². The van der Waals surface area contributed by atoms with Gasteiger partial charge in [0, 0.05) is 12.8 Å². The van der Waals surface area contributed by atoms with Crippen LogP contribution in [0.3, 0.4) is 0 Å². The molecule has 0 amide bonds. The maximum absolute atomic E-state index is 10.6. The van der Waals surface area contributed by atoms with Gasteiger partial charge >= 0.3 is 11.9 Å². The van der Waals surface area contributed by atoms with Gasteiger partial charge in [-0.25, -0.2) is 0 Å². The molecule has 0 radical (unpaired) electrons. The van der Waals surface area contributed by atoms with Gasteiger partial charge < -0.3 is 9.84 Å². The number of hydrogen-bond acceptors (Lipinski definition) is 3. The normalized spacial score (nSPS) is 23.3. The van der Waals surface area contributed by atoms with Crippen molar-refractivity contribution in [3.8, 4) is 0 Å². The molecule has 1 saturated heterocycles. The van der Waals surface area contributed by atoms with Crippen molar-refractivity contribution in [3.05, 3.63) is 0 Å². The fourth-order valence-electron chi connectivity index (χ4n) is 1.24. The first-order valence-electron chi connectivity index (χ1n) is 4.06. The Balaban J connectivity index is 2.17. The van der Waals surface area contributed by atoms with Crippen molar-refractivity contribution in [2.45, 2.75) is 25.7 Å². The number of esters is 1. The molecule has 1 atom stereocenters. The highest BCUT2D eigenvalue weighted by molar-refractivity contribution is 5.70. The van der Waals surface area contributed by atoms with E-state index in [1.165, 1.54) is 0 Å². The zero-order chi connectivity index (χ0) is 8.97. The van der Waals surface area contributed by atoms with Crippen molar-refractivity contribution < 1.29 is 19.4 Å². The van der Waals surface area contributed by atoms with Gasteiger partial charge in [-0.15, -0.1) is 0 Å². The van der Waals surface area contributed by atoms with E-state index < -0.39 is 5.97 Å². The number of ether oxygens (including phenoxy) is 1. The molecule has 4 nitrogen and oxygen atoms in total. The van der Waals surface area contributed by atoms with Gasteiger partial charge in [0.1, 0.15) is 0 Å². The minimum Gasteiger partial charge on any atom is -0.481 e. The van der Waals surface area contributed by atoms with Crippen molar-refractivity contribution in [1.29, 1.82) is 0 Å². The average molecular weight is 172 g/mol. The van der Waals surface area contributed by atoms with Crippen LogP contribution in [-0.4, -0.2) is 23.7 Å². The van der Waals surface area contributed by atoms with E-state index in [0.29, 0.717) is 19.4 Å². The van der Waals surface area contributed by atoms with E-state index >= 15 is 0 Å². The molecule has 1 aliphatic rings. The van der Waals surface area contributed by atoms with E-state index in [0.717, 1.165) is 6.42 Å². The molecule has 1 aliphatic heterocycles. The minimum atomic E-state index is -0.785. The second-order valence-corrected chi connectivity index (χ2v) is 3.02. The van der Waals surface area contributed by atoms with Crippen LogP contribution >= 0.6 is 0 Å². The first kappa shape index (κ1) is 9.03. The zero-order valence-electron chi connectivity index (χ0n) is 6.78. The van der Waals surface area contributed by atoms with Crippen LogP contribution < -0.4 is 0 Å². The number of rotatable bonds is 3. The molecule has 12 heavy (non-hydrogen) atoms. The van der Waals surface area contributed by atoms with Crippen LogP contribution in [0.5, 0.6) is 0 Å². The Kier molecular flexibility index (Phi) is 3.08. The lowest BCUT2D eigenvalue weighted by atomic mass is 9.97. The van der Waals surface area contributed by atoms with Crippen molar-refractivity contribution >= 4 is 11.9 Å². The van der Waals surface area contributed by atoms with Crippen molar-refractivity contribution in [1.82, 2.24) is 0 Å². The first-order valence-corrected chi connectivity index (χ1v) is 4.06. The molecule has 1 fully saturated rings. The second-order valence-electron chi connectivity index (χ2n) is 3.02. The molecule has 1 N–H and O–H groups in total. The fraction of sp³-hybridized carbons (Fsp3) is 0.750. The lowest BCUT2D eigenvalue weighted by Gasteiger charge is -2.20. The molecule has 0 aromatic carbocycles. The molecule has 0 aromatic rings. The highest BCUT2D eigenvalue weighted by Crippen LogP contribution is 2.19. The van der Waals surface area contributed by atoms with Crippen LogP contribution in [0, 0.1) is 5.92 Å². The molecule has 1 unspecified atom stereocenters. The summed E-state index contributed by atoms with van der Waals surface area (Å²) in [5.74, 6) is -0.702. The Bertz CT molecular complexity index is 177. The maximum Gasteiger partial charge on any atom is 0.305 e. The van der Waals surface area contributed by atoms with E-state index in [-0.39, 0.29) is 18.3 Å². The monoisotopic (exact) mass is 172 g/mol. The quantitative estimate of drug-likeness (QED) is 0.639. The van der Waals surface area contributed by atoms with Gasteiger partial charge in [0.05, 0.1) is 6.61 Å². The molecule has 4 heteroatoms. The highest BCUT2D eigenvalue weighted by Gasteiger charge is 2.19. The van der Waals surface area contributed by atoms with Gasteiger partial charge in [0.2, 0.25) is 0 Å². The fourth-order valence-corrected chi connectivity index (χ4v) is 1.24. The summed E-state index contributed by atoms with van der Waals surface area (Å²) in [4.78, 5) is 20.8. The molecule has 0 aliphatic carbocycles. The third-order valence-electron chi connectivity index (χ3n) is 2.00. The summed E-state index contributed by atoms with van der Waals surface area (Å²) in [6, 6.07) is 0. The van der Waals surface area contributed by atoms with Gasteiger partial charge in [0.15, 0.2) is 0 Å². The Morgan fingerprint density at radius 3 is 2.92 bits per heavy atom. The van der Waals surface area contributed by atoms with Crippen LogP contribution in [-0.2, 0) is 14.3 Å². The van der Waals surface area contributed by atoms with Crippen molar-refractivity contribution in [2.75, 3.05) is 6.61 Å². The van der Waals surface area contributed by atoms with Gasteiger partial charge in [-0.3, -0.25) is 9.59 Å². The average Bonchev–Trinajstić information content (AvgIpc) is 2.03. The number of carboxylic acid groups (broad SMARTS) is 1. The SMILES string of the molecule is O=C(O)CCC1CCC(=O)OC1. The minimum absolute atomic E-state index is 0.165. The van der Waals surface area contributed by atoms with Gasteiger partial charge in [-0.05, 0) is 18.8 Å². The van der Waals surface area contributed by atoms with E-state index in [4.69, 9.17) is 9.84 Å². The molecule has 0 aromatic heterocycles. The van der Waals surface area contributed by atoms with E-state index in [1.54, 1.807) is 0 Å². The molecule has 68 valence electrons. The molecule has 1 rings (SSSR count). The van der Waals surface area contributed by atoms with Crippen molar-refractivity contribution in [2.24, 2.45) is 5.92 Å². The third-order valence-corrected chi connectivity index (χ3v) is 2.00. The topological polar surface area (TPSA) is 63.6 Å². The van der Waals surface area contributed by atoms with Gasteiger partial charge in [-0.2, -0.15) is 0 Å². The van der Waals surface area contributed by atoms with E-state index in [1.807, 2.05) is 0 Å². The number of cyclic esters (lactones) is 1. The third kappa shape index (κ3) is 2.90. The summed E-state index contributed by atoms with van der Waals surface area (Å²) < 4.78 is 4.79. The highest BCUT2D eigenvalue weighted by atomic mass is 16.5. The predicted octanol–water partition coefficient (Wildman–Crippen LogP) is 0.804. The second kappa shape index (κ2) is 4.09. The molecule has 0 saturated carbocycles. The maximum atomic E-state index is 10.6. The number of carbonyl (C=O) groups is 2. The largest absolute Gasteiger partial charge is 0.481 e. The van der Waals surface area contributed by atoms with Gasteiger partial charge in [0.25, 0.3) is 0 Å². The Morgan fingerprint density at radius 2 is 2.42 bits per heavy atom.